The standard InChI is InChI=1S/C16H16N8O5S4/c1-2-29-22-7(10-20-15(17)33-23-10)11(25)19-8-12(26)24-9(14(27)28)6(3-30-13(8)24)4-31-16-21-18-5-32-16/h5,8,13H,2-4H2,1H3,(H,19,25)(H,27,28)(H2,17,20,23)/b22-7+. The van der Waals surface area contributed by atoms with Crippen LogP contribution in [0.25, 0.3) is 0 Å². The molecule has 2 aromatic rings. The summed E-state index contributed by atoms with van der Waals surface area (Å²) in [5.74, 6) is -1.73. The van der Waals surface area contributed by atoms with Gasteiger partial charge in [-0.15, -0.1) is 22.0 Å². The number of fused-ring (bicyclic) bond motifs is 1. The molecule has 13 nitrogen and oxygen atoms in total. The Morgan fingerprint density at radius 1 is 1.48 bits per heavy atom. The Kier molecular flexibility index (Phi) is 7.11. The van der Waals surface area contributed by atoms with Gasteiger partial charge >= 0.3 is 5.97 Å². The molecule has 0 aliphatic carbocycles. The molecule has 33 heavy (non-hydrogen) atoms. The molecule has 1 saturated heterocycles. The quantitative estimate of drug-likeness (QED) is 0.174. The smallest absolute Gasteiger partial charge is 0.352 e. The number of aromatic nitrogens is 4. The number of carboxylic acid groups (broad SMARTS) is 1. The molecule has 0 saturated carbocycles. The van der Waals surface area contributed by atoms with E-state index in [1.807, 2.05) is 0 Å². The molecule has 2 aromatic heterocycles. The Morgan fingerprint density at radius 2 is 2.30 bits per heavy atom. The van der Waals surface area contributed by atoms with Gasteiger partial charge in [-0.25, -0.2) is 4.79 Å². The third-order valence-corrected chi connectivity index (χ3v) is 8.23. The van der Waals surface area contributed by atoms with E-state index >= 15 is 0 Å². The molecule has 4 heterocycles. The van der Waals surface area contributed by atoms with Crippen LogP contribution in [0.5, 0.6) is 0 Å². The van der Waals surface area contributed by atoms with Crippen molar-refractivity contribution < 1.29 is 24.3 Å². The summed E-state index contributed by atoms with van der Waals surface area (Å²) in [5, 5.41) is 23.4. The number of nitrogens with zero attached hydrogens (tertiary/aromatic N) is 6. The average molecular weight is 529 g/mol. The average Bonchev–Trinajstić information content (AvgIpc) is 3.47. The lowest BCUT2D eigenvalue weighted by Crippen LogP contribution is -2.71. The van der Waals surface area contributed by atoms with Gasteiger partial charge in [-0.3, -0.25) is 14.5 Å². The molecule has 2 aliphatic rings. The molecule has 1 fully saturated rings. The molecule has 2 unspecified atom stereocenters. The zero-order valence-electron chi connectivity index (χ0n) is 16.8. The maximum absolute atomic E-state index is 12.9. The summed E-state index contributed by atoms with van der Waals surface area (Å²) in [6.07, 6.45) is 0. The molecule has 0 radical (unpaired) electrons. The van der Waals surface area contributed by atoms with Crippen LogP contribution in [0.1, 0.15) is 12.7 Å². The molecule has 2 amide bonds. The predicted octanol–water partition coefficient (Wildman–Crippen LogP) is 0.243. The van der Waals surface area contributed by atoms with E-state index in [0.29, 0.717) is 21.4 Å². The van der Waals surface area contributed by atoms with Gasteiger partial charge in [0.25, 0.3) is 11.8 Å². The molecule has 174 valence electrons. The number of aliphatic carboxylic acids is 1. The second-order valence-electron chi connectivity index (χ2n) is 6.43. The number of oxime groups is 1. The van der Waals surface area contributed by atoms with Crippen LogP contribution in [-0.2, 0) is 19.2 Å². The number of nitrogens with one attached hydrogen (secondary N) is 1. The Labute approximate surface area is 203 Å². The molecule has 17 heteroatoms. The van der Waals surface area contributed by atoms with Crippen LogP contribution in [0.2, 0.25) is 0 Å². The Bertz CT molecular complexity index is 1130. The molecular formula is C16H16N8O5S4. The molecule has 0 aromatic carbocycles. The van der Waals surface area contributed by atoms with E-state index in [4.69, 9.17) is 10.6 Å². The highest BCUT2D eigenvalue weighted by Crippen LogP contribution is 2.41. The summed E-state index contributed by atoms with van der Waals surface area (Å²) in [6.45, 7) is 1.89. The third-order valence-electron chi connectivity index (χ3n) is 4.40. The van der Waals surface area contributed by atoms with Crippen molar-refractivity contribution in [3.63, 3.8) is 0 Å². The van der Waals surface area contributed by atoms with Crippen molar-refractivity contribution >= 4 is 75.0 Å². The maximum atomic E-state index is 12.9. The van der Waals surface area contributed by atoms with E-state index in [9.17, 15) is 19.5 Å². The van der Waals surface area contributed by atoms with Crippen molar-refractivity contribution in [1.82, 2.24) is 29.8 Å². The first-order chi connectivity index (χ1) is 15.9. The van der Waals surface area contributed by atoms with Crippen molar-refractivity contribution in [3.05, 3.63) is 22.6 Å². The lowest BCUT2D eigenvalue weighted by molar-refractivity contribution is -0.150. The minimum Gasteiger partial charge on any atom is -0.477 e. The number of hydrogen-bond acceptors (Lipinski definition) is 14. The van der Waals surface area contributed by atoms with E-state index in [0.717, 1.165) is 11.5 Å². The number of carbonyl (C=O) groups is 3. The molecule has 4 rings (SSSR count). The van der Waals surface area contributed by atoms with Gasteiger partial charge in [0.15, 0.2) is 9.47 Å². The van der Waals surface area contributed by atoms with Gasteiger partial charge in [0.1, 0.15) is 29.2 Å². The second-order valence-corrected chi connectivity index (χ2v) is 10.4. The highest BCUT2D eigenvalue weighted by atomic mass is 32.2. The van der Waals surface area contributed by atoms with Gasteiger partial charge in [-0.1, -0.05) is 28.3 Å². The Morgan fingerprint density at radius 3 is 2.94 bits per heavy atom. The number of carbonyl (C=O) groups excluding carboxylic acids is 2. The van der Waals surface area contributed by atoms with Crippen molar-refractivity contribution in [2.45, 2.75) is 22.7 Å². The number of rotatable bonds is 9. The summed E-state index contributed by atoms with van der Waals surface area (Å²) < 4.78 is 4.67. The van der Waals surface area contributed by atoms with Crippen LogP contribution < -0.4 is 11.1 Å². The lowest BCUT2D eigenvalue weighted by atomic mass is 10.0. The van der Waals surface area contributed by atoms with Crippen LogP contribution in [0, 0.1) is 0 Å². The lowest BCUT2D eigenvalue weighted by Gasteiger charge is -2.49. The third kappa shape index (κ3) is 4.80. The van der Waals surface area contributed by atoms with Crippen LogP contribution >= 0.6 is 46.4 Å². The summed E-state index contributed by atoms with van der Waals surface area (Å²) in [5.41, 5.74) is 7.49. The fourth-order valence-electron chi connectivity index (χ4n) is 3.02. The fourth-order valence-corrected chi connectivity index (χ4v) is 6.43. The molecule has 4 N–H and O–H groups in total. The number of nitrogen functional groups attached to an aromatic ring is 1. The van der Waals surface area contributed by atoms with Crippen LogP contribution in [0.3, 0.4) is 0 Å². The number of thioether (sulfide) groups is 2. The van der Waals surface area contributed by atoms with Crippen LogP contribution in [0.15, 0.2) is 26.3 Å². The topological polar surface area (TPSA) is 186 Å². The van der Waals surface area contributed by atoms with E-state index in [-0.39, 0.29) is 29.0 Å². The van der Waals surface area contributed by atoms with Gasteiger partial charge in [0, 0.05) is 23.0 Å². The summed E-state index contributed by atoms with van der Waals surface area (Å²) in [7, 11) is 0. The number of β-lactam (4-membered cyclic amide) rings is 1. The van der Waals surface area contributed by atoms with Gasteiger partial charge in [0.2, 0.25) is 11.5 Å². The number of anilines is 1. The summed E-state index contributed by atoms with van der Waals surface area (Å²) in [4.78, 5) is 47.8. The fraction of sp³-hybridized carbons (Fsp3) is 0.375. The number of carboxylic acids is 1. The largest absolute Gasteiger partial charge is 0.477 e. The highest BCUT2D eigenvalue weighted by molar-refractivity contribution is 8.01. The minimum atomic E-state index is -1.20. The zero-order valence-corrected chi connectivity index (χ0v) is 20.1. The first-order valence-corrected chi connectivity index (χ1v) is 13.0. The SMILES string of the molecule is CCO/N=C(/C(=O)NC1C(=O)N2C(C(=O)O)=C(CSc3nncs3)CSC12)c1nsc(N)n1. The van der Waals surface area contributed by atoms with Crippen molar-refractivity contribution in [2.75, 3.05) is 23.8 Å². The number of nitrogens with two attached hydrogens (primary N) is 1. The van der Waals surface area contributed by atoms with E-state index in [1.165, 1.54) is 39.8 Å². The predicted molar refractivity (Wildman–Crippen MR) is 123 cm³/mol. The van der Waals surface area contributed by atoms with Crippen molar-refractivity contribution in [3.8, 4) is 0 Å². The van der Waals surface area contributed by atoms with E-state index < -0.39 is 29.2 Å². The molecule has 2 aliphatic heterocycles. The molecule has 0 bridgehead atoms. The second kappa shape index (κ2) is 10.0. The van der Waals surface area contributed by atoms with Gasteiger partial charge in [0.05, 0.1) is 0 Å². The van der Waals surface area contributed by atoms with Gasteiger partial charge in [-0.2, -0.15) is 9.36 Å². The van der Waals surface area contributed by atoms with Crippen LogP contribution in [-0.4, -0.2) is 82.6 Å². The molecule has 2 atom stereocenters. The van der Waals surface area contributed by atoms with Crippen molar-refractivity contribution in [1.29, 1.82) is 0 Å². The first-order valence-electron chi connectivity index (χ1n) is 9.30. The number of amides is 2. The Balaban J connectivity index is 1.49. The van der Waals surface area contributed by atoms with Crippen LogP contribution in [0.4, 0.5) is 5.13 Å². The summed E-state index contributed by atoms with van der Waals surface area (Å²) in [6, 6.07) is -0.933. The monoisotopic (exact) mass is 528 g/mol. The molecular weight excluding hydrogens is 512 g/mol. The first kappa shape index (κ1) is 23.4. The maximum Gasteiger partial charge on any atom is 0.352 e. The van der Waals surface area contributed by atoms with Crippen molar-refractivity contribution in [2.24, 2.45) is 5.16 Å². The van der Waals surface area contributed by atoms with Gasteiger partial charge in [-0.05, 0) is 12.5 Å². The Hall–Kier alpha value is -2.76. The zero-order chi connectivity index (χ0) is 23.5. The van der Waals surface area contributed by atoms with Gasteiger partial charge < -0.3 is 21.0 Å². The number of hydrogen-bond donors (Lipinski definition) is 3. The van der Waals surface area contributed by atoms with E-state index in [1.54, 1.807) is 12.4 Å². The molecule has 0 spiro atoms. The minimum absolute atomic E-state index is 0.0227. The van der Waals surface area contributed by atoms with E-state index in [2.05, 4.69) is 30.0 Å². The highest BCUT2D eigenvalue weighted by Gasteiger charge is 2.54. The summed E-state index contributed by atoms with van der Waals surface area (Å²) >= 11 is 4.96. The normalized spacial score (nSPS) is 20.3.